The summed E-state index contributed by atoms with van der Waals surface area (Å²) in [6.07, 6.45) is -4.85. The number of aliphatic hydroxyl groups excluding tert-OH is 4. The summed E-state index contributed by atoms with van der Waals surface area (Å²) in [5.74, 6) is 0. The molecule has 1 aliphatic heterocycles. The third kappa shape index (κ3) is 1.58. The molecule has 0 aliphatic carbocycles. The fraction of sp³-hybridized carbons (Fsp3) is 1.00. The summed E-state index contributed by atoms with van der Waals surface area (Å²) in [4.78, 5) is 0. The van der Waals surface area contributed by atoms with E-state index < -0.39 is 37.3 Å². The van der Waals surface area contributed by atoms with Crippen molar-refractivity contribution in [3.63, 3.8) is 0 Å². The van der Waals surface area contributed by atoms with Gasteiger partial charge < -0.3 is 30.9 Å². The molecule has 0 aromatic rings. The van der Waals surface area contributed by atoms with Crippen molar-refractivity contribution in [1.29, 1.82) is 0 Å². The van der Waals surface area contributed by atoms with Gasteiger partial charge in [-0.05, 0) is 0 Å². The minimum atomic E-state index is -1.35. The van der Waals surface area contributed by atoms with Crippen LogP contribution < -0.4 is 5.73 Å². The summed E-state index contributed by atoms with van der Waals surface area (Å²) in [5, 5.41) is 36.1. The number of rotatable bonds is 1. The van der Waals surface area contributed by atoms with Crippen LogP contribution in [0.1, 0.15) is 0 Å². The van der Waals surface area contributed by atoms with Crippen molar-refractivity contribution in [2.24, 2.45) is 5.73 Å². The van der Waals surface area contributed by atoms with Crippen LogP contribution in [0, 0.1) is 0 Å². The molecule has 0 aromatic carbocycles. The van der Waals surface area contributed by atoms with Crippen LogP contribution in [0.3, 0.4) is 0 Å². The first-order chi connectivity index (χ1) is 5.57. The Kier molecular flexibility index (Phi) is 2.99. The summed E-state index contributed by atoms with van der Waals surface area (Å²) in [5.41, 5.74) is 5.26. The topological polar surface area (TPSA) is 116 Å². The normalized spacial score (nSPS) is 49.2. The molecule has 1 heterocycles. The molecule has 0 amide bonds. The lowest BCUT2D eigenvalue weighted by atomic mass is 10.1. The van der Waals surface area contributed by atoms with Gasteiger partial charge in [0.25, 0.3) is 0 Å². The second-order valence-electron chi connectivity index (χ2n) is 2.81. The zero-order valence-corrected chi connectivity index (χ0v) is 6.37. The SMILES string of the molecule is NC1C(O)C(O)C(CO)O[14CH]1O. The molecular formula is C6H13NO5. The van der Waals surface area contributed by atoms with E-state index in [2.05, 4.69) is 0 Å². The first-order valence-corrected chi connectivity index (χ1v) is 3.64. The van der Waals surface area contributed by atoms with Crippen LogP contribution >= 0.6 is 0 Å². The van der Waals surface area contributed by atoms with Crippen LogP contribution in [0.25, 0.3) is 0 Å². The van der Waals surface area contributed by atoms with Gasteiger partial charge in [0.15, 0.2) is 6.29 Å². The Hall–Kier alpha value is -0.240. The van der Waals surface area contributed by atoms with Gasteiger partial charge >= 0.3 is 0 Å². The van der Waals surface area contributed by atoms with Gasteiger partial charge in [-0.25, -0.2) is 0 Å². The van der Waals surface area contributed by atoms with Gasteiger partial charge in [0.2, 0.25) is 0 Å². The average molecular weight is 181 g/mol. The van der Waals surface area contributed by atoms with Crippen LogP contribution in [-0.4, -0.2) is 57.7 Å². The summed E-state index contributed by atoms with van der Waals surface area (Å²) in [7, 11) is 0. The molecule has 5 unspecified atom stereocenters. The maximum atomic E-state index is 9.20. The molecule has 0 spiro atoms. The molecule has 1 saturated heterocycles. The van der Waals surface area contributed by atoms with Crippen molar-refractivity contribution in [1.82, 2.24) is 0 Å². The Bertz CT molecular complexity index is 150. The Morgan fingerprint density at radius 2 is 1.92 bits per heavy atom. The van der Waals surface area contributed by atoms with Gasteiger partial charge in [0, 0.05) is 0 Å². The van der Waals surface area contributed by atoms with Gasteiger partial charge in [-0.15, -0.1) is 0 Å². The van der Waals surface area contributed by atoms with Crippen molar-refractivity contribution in [3.05, 3.63) is 0 Å². The minimum Gasteiger partial charge on any atom is -0.394 e. The lowest BCUT2D eigenvalue weighted by molar-refractivity contribution is -0.248. The van der Waals surface area contributed by atoms with Crippen molar-refractivity contribution >= 4 is 0 Å². The molecule has 1 rings (SSSR count). The molecule has 0 saturated carbocycles. The number of ether oxygens (including phenoxy) is 1. The maximum Gasteiger partial charge on any atom is 0.173 e. The first kappa shape index (κ1) is 9.85. The molecule has 0 aromatic heterocycles. The lowest BCUT2D eigenvalue weighted by Crippen LogP contribution is -2.61. The van der Waals surface area contributed by atoms with Crippen molar-refractivity contribution < 1.29 is 25.2 Å². The van der Waals surface area contributed by atoms with Crippen LogP contribution in [0.15, 0.2) is 0 Å². The highest BCUT2D eigenvalue weighted by molar-refractivity contribution is 4.90. The summed E-state index contributed by atoms with van der Waals surface area (Å²) < 4.78 is 4.70. The second kappa shape index (κ2) is 3.65. The number of nitrogens with two attached hydrogens (primary N) is 1. The quantitative estimate of drug-likeness (QED) is 0.290. The summed E-state index contributed by atoms with van der Waals surface area (Å²) in [6.45, 7) is -0.470. The van der Waals surface area contributed by atoms with Gasteiger partial charge in [-0.1, -0.05) is 0 Å². The Morgan fingerprint density at radius 1 is 1.33 bits per heavy atom. The average Bonchev–Trinajstić information content (AvgIpc) is 2.08. The lowest BCUT2D eigenvalue weighted by Gasteiger charge is -2.38. The third-order valence-corrected chi connectivity index (χ3v) is 1.95. The molecule has 0 radical (unpaired) electrons. The molecule has 5 atom stereocenters. The van der Waals surface area contributed by atoms with Gasteiger partial charge in [-0.2, -0.15) is 0 Å². The Balaban J connectivity index is 2.63. The van der Waals surface area contributed by atoms with E-state index in [4.69, 9.17) is 20.7 Å². The van der Waals surface area contributed by atoms with E-state index in [-0.39, 0.29) is 0 Å². The van der Waals surface area contributed by atoms with Crippen LogP contribution in [0.5, 0.6) is 0 Å². The molecule has 0 bridgehead atoms. The highest BCUT2D eigenvalue weighted by Crippen LogP contribution is 2.17. The third-order valence-electron chi connectivity index (χ3n) is 1.95. The van der Waals surface area contributed by atoms with Gasteiger partial charge in [0.05, 0.1) is 12.6 Å². The minimum absolute atomic E-state index is 0.470. The first-order valence-electron chi connectivity index (χ1n) is 3.64. The number of aliphatic hydroxyl groups is 4. The Labute approximate surface area is 69.2 Å². The largest absolute Gasteiger partial charge is 0.394 e. The fourth-order valence-electron chi connectivity index (χ4n) is 1.12. The van der Waals surface area contributed by atoms with Crippen molar-refractivity contribution in [2.45, 2.75) is 30.6 Å². The fourth-order valence-corrected chi connectivity index (χ4v) is 1.12. The predicted octanol–water partition coefficient (Wildman–Crippen LogP) is -3.26. The van der Waals surface area contributed by atoms with Gasteiger partial charge in [-0.3, -0.25) is 0 Å². The number of hydrogen-bond acceptors (Lipinski definition) is 6. The Morgan fingerprint density at radius 3 is 2.42 bits per heavy atom. The molecule has 12 heavy (non-hydrogen) atoms. The summed E-state index contributed by atoms with van der Waals surface area (Å²) >= 11 is 0. The van der Waals surface area contributed by atoms with E-state index in [0.717, 1.165) is 0 Å². The highest BCUT2D eigenvalue weighted by Gasteiger charge is 2.41. The monoisotopic (exact) mass is 181 g/mol. The molecule has 6 N–H and O–H groups in total. The maximum absolute atomic E-state index is 9.20. The zero-order chi connectivity index (χ0) is 9.30. The molecule has 6 nitrogen and oxygen atoms in total. The van der Waals surface area contributed by atoms with Gasteiger partial charge in [0.1, 0.15) is 18.3 Å². The number of hydrogen-bond donors (Lipinski definition) is 5. The van der Waals surface area contributed by atoms with E-state index in [1.807, 2.05) is 0 Å². The molecule has 1 fully saturated rings. The standard InChI is InChI=1S/C6H13NO5/c7-3-5(10)4(9)2(1-8)12-6(3)11/h2-6,8-11H,1,7H2/i6+2. The molecule has 6 heteroatoms. The van der Waals surface area contributed by atoms with E-state index >= 15 is 0 Å². The van der Waals surface area contributed by atoms with E-state index in [9.17, 15) is 10.2 Å². The van der Waals surface area contributed by atoms with E-state index in [1.54, 1.807) is 0 Å². The highest BCUT2D eigenvalue weighted by atomic mass is 16.9. The second-order valence-corrected chi connectivity index (χ2v) is 2.81. The smallest absolute Gasteiger partial charge is 0.173 e. The zero-order valence-electron chi connectivity index (χ0n) is 6.37. The molecule has 72 valence electrons. The van der Waals surface area contributed by atoms with Crippen molar-refractivity contribution in [3.8, 4) is 0 Å². The molecular weight excluding hydrogens is 168 g/mol. The predicted molar refractivity (Wildman–Crippen MR) is 38.0 cm³/mol. The van der Waals surface area contributed by atoms with E-state index in [1.165, 1.54) is 0 Å². The van der Waals surface area contributed by atoms with Crippen LogP contribution in [0.4, 0.5) is 0 Å². The van der Waals surface area contributed by atoms with Crippen LogP contribution in [0.2, 0.25) is 0 Å². The van der Waals surface area contributed by atoms with Crippen molar-refractivity contribution in [2.75, 3.05) is 6.61 Å². The molecule has 1 aliphatic rings. The van der Waals surface area contributed by atoms with Crippen LogP contribution in [-0.2, 0) is 4.74 Å². The summed E-state index contributed by atoms with van der Waals surface area (Å²) in [6, 6.07) is -1.04. The van der Waals surface area contributed by atoms with E-state index in [0.29, 0.717) is 0 Å².